The van der Waals surface area contributed by atoms with Gasteiger partial charge in [-0.3, -0.25) is 4.79 Å². The van der Waals surface area contributed by atoms with E-state index in [0.29, 0.717) is 32.1 Å². The monoisotopic (exact) mass is 526 g/mol. The molecular formula is C31H43FN2O4. The molecule has 4 rings (SSSR count). The van der Waals surface area contributed by atoms with Crippen LogP contribution in [-0.2, 0) is 27.2 Å². The number of hydrogen-bond donors (Lipinski definition) is 0. The van der Waals surface area contributed by atoms with Crippen molar-refractivity contribution in [3.05, 3.63) is 65.5 Å². The summed E-state index contributed by atoms with van der Waals surface area (Å²) in [6, 6.07) is 14.5. The summed E-state index contributed by atoms with van der Waals surface area (Å²) in [6.07, 6.45) is 3.26. The Morgan fingerprint density at radius 1 is 1.08 bits per heavy atom. The first kappa shape index (κ1) is 28.5. The van der Waals surface area contributed by atoms with Gasteiger partial charge in [0.05, 0.1) is 25.7 Å². The predicted octanol–water partition coefficient (Wildman–Crippen LogP) is 5.44. The van der Waals surface area contributed by atoms with Gasteiger partial charge in [0.15, 0.2) is 5.79 Å². The van der Waals surface area contributed by atoms with Crippen molar-refractivity contribution in [1.29, 1.82) is 0 Å². The van der Waals surface area contributed by atoms with E-state index in [4.69, 9.17) is 14.2 Å². The van der Waals surface area contributed by atoms with Gasteiger partial charge < -0.3 is 24.0 Å². The Kier molecular flexibility index (Phi) is 9.80. The molecule has 2 aromatic rings. The molecular weight excluding hydrogens is 483 g/mol. The smallest absolute Gasteiger partial charge is 0.227 e. The average molecular weight is 527 g/mol. The summed E-state index contributed by atoms with van der Waals surface area (Å²) < 4.78 is 30.9. The lowest BCUT2D eigenvalue weighted by Crippen LogP contribution is -2.48. The van der Waals surface area contributed by atoms with E-state index in [1.54, 1.807) is 12.1 Å². The second kappa shape index (κ2) is 13.0. The highest BCUT2D eigenvalue weighted by molar-refractivity contribution is 5.79. The van der Waals surface area contributed by atoms with Crippen molar-refractivity contribution in [1.82, 2.24) is 9.80 Å². The van der Waals surface area contributed by atoms with E-state index in [0.717, 1.165) is 55.8 Å². The highest BCUT2D eigenvalue weighted by Crippen LogP contribution is 2.26. The maximum absolute atomic E-state index is 13.6. The Labute approximate surface area is 227 Å². The zero-order valence-electron chi connectivity index (χ0n) is 23.3. The molecule has 0 N–H and O–H groups in total. The number of rotatable bonds is 11. The Morgan fingerprint density at radius 2 is 1.74 bits per heavy atom. The minimum absolute atomic E-state index is 0.0994. The van der Waals surface area contributed by atoms with Gasteiger partial charge >= 0.3 is 0 Å². The van der Waals surface area contributed by atoms with Crippen molar-refractivity contribution in [3.63, 3.8) is 0 Å². The zero-order chi connectivity index (χ0) is 27.1. The summed E-state index contributed by atoms with van der Waals surface area (Å²) >= 11 is 0. The zero-order valence-corrected chi connectivity index (χ0v) is 23.3. The van der Waals surface area contributed by atoms with Crippen molar-refractivity contribution in [3.8, 4) is 5.75 Å². The first-order valence-electron chi connectivity index (χ1n) is 14.0. The molecule has 6 nitrogen and oxygen atoms in total. The van der Waals surface area contributed by atoms with Crippen LogP contribution in [0, 0.1) is 11.7 Å². The Morgan fingerprint density at radius 3 is 2.34 bits per heavy atom. The highest BCUT2D eigenvalue weighted by atomic mass is 19.1. The Hall–Kier alpha value is -2.48. The molecule has 1 amide bonds. The van der Waals surface area contributed by atoms with Crippen molar-refractivity contribution in [2.45, 2.75) is 77.9 Å². The maximum Gasteiger partial charge on any atom is 0.227 e. The van der Waals surface area contributed by atoms with Gasteiger partial charge in [0.25, 0.3) is 0 Å². The molecule has 0 bridgehead atoms. The molecule has 0 radical (unpaired) electrons. The molecule has 0 aliphatic carbocycles. The van der Waals surface area contributed by atoms with Gasteiger partial charge in [-0.15, -0.1) is 0 Å². The van der Waals surface area contributed by atoms with Crippen LogP contribution in [0.5, 0.6) is 5.75 Å². The quantitative estimate of drug-likeness (QED) is 0.390. The number of piperidine rings is 1. The second-order valence-corrected chi connectivity index (χ2v) is 11.5. The van der Waals surface area contributed by atoms with E-state index in [-0.39, 0.29) is 23.9 Å². The third-order valence-corrected chi connectivity index (χ3v) is 7.28. The van der Waals surface area contributed by atoms with Crippen LogP contribution in [0.4, 0.5) is 4.39 Å². The SMILES string of the molecule is CC(C)COc1ccc(CC(=O)N(Cc2ccc(F)cc2)C2CCN(CCC3COC(C)(C)O3)CC2)cc1. The van der Waals surface area contributed by atoms with Gasteiger partial charge in [0.2, 0.25) is 5.91 Å². The summed E-state index contributed by atoms with van der Waals surface area (Å²) in [5.41, 5.74) is 1.91. The van der Waals surface area contributed by atoms with Crippen molar-refractivity contribution in [2.24, 2.45) is 5.92 Å². The van der Waals surface area contributed by atoms with E-state index in [9.17, 15) is 9.18 Å². The number of carbonyl (C=O) groups is 1. The van der Waals surface area contributed by atoms with Crippen LogP contribution >= 0.6 is 0 Å². The largest absolute Gasteiger partial charge is 0.493 e. The van der Waals surface area contributed by atoms with E-state index >= 15 is 0 Å². The molecule has 2 saturated heterocycles. The number of benzene rings is 2. The Bertz CT molecular complexity index is 1020. The first-order chi connectivity index (χ1) is 18.2. The summed E-state index contributed by atoms with van der Waals surface area (Å²) in [6.45, 7) is 12.8. The predicted molar refractivity (Wildman–Crippen MR) is 146 cm³/mol. The lowest BCUT2D eigenvalue weighted by atomic mass is 10.00. The second-order valence-electron chi connectivity index (χ2n) is 11.5. The molecule has 0 saturated carbocycles. The molecule has 38 heavy (non-hydrogen) atoms. The van der Waals surface area contributed by atoms with Crippen molar-refractivity contribution in [2.75, 3.05) is 32.8 Å². The standard InChI is InChI=1S/C31H43FN2O4/c1-23(2)21-36-28-11-7-24(8-12-28)19-30(35)34(20-25-5-9-26(32)10-6-25)27-13-16-33(17-14-27)18-15-29-22-37-31(3,4)38-29/h5-12,23,27,29H,13-22H2,1-4H3. The minimum atomic E-state index is -0.486. The Balaban J connectivity index is 1.35. The van der Waals surface area contributed by atoms with Gasteiger partial charge in [-0.2, -0.15) is 0 Å². The number of likely N-dealkylation sites (tertiary alicyclic amines) is 1. The van der Waals surface area contributed by atoms with Gasteiger partial charge in [-0.05, 0) is 74.4 Å². The summed E-state index contributed by atoms with van der Waals surface area (Å²) in [7, 11) is 0. The van der Waals surface area contributed by atoms with Gasteiger partial charge in [-0.25, -0.2) is 4.39 Å². The fourth-order valence-electron chi connectivity index (χ4n) is 5.14. The number of carbonyl (C=O) groups excluding carboxylic acids is 1. The number of amides is 1. The van der Waals surface area contributed by atoms with Crippen LogP contribution in [-0.4, -0.2) is 66.5 Å². The fraction of sp³-hybridized carbons (Fsp3) is 0.581. The number of hydrogen-bond acceptors (Lipinski definition) is 5. The van der Waals surface area contributed by atoms with E-state index in [1.807, 2.05) is 43.0 Å². The van der Waals surface area contributed by atoms with E-state index in [1.165, 1.54) is 12.1 Å². The molecule has 1 unspecified atom stereocenters. The molecule has 208 valence electrons. The first-order valence-corrected chi connectivity index (χ1v) is 14.0. The molecule has 2 heterocycles. The van der Waals surface area contributed by atoms with Crippen LogP contribution in [0.15, 0.2) is 48.5 Å². The fourth-order valence-corrected chi connectivity index (χ4v) is 5.14. The van der Waals surface area contributed by atoms with Crippen LogP contribution in [0.2, 0.25) is 0 Å². The lowest BCUT2D eigenvalue weighted by Gasteiger charge is -2.39. The normalized spacial score (nSPS) is 20.1. The number of halogens is 1. The number of nitrogens with zero attached hydrogens (tertiary/aromatic N) is 2. The van der Waals surface area contributed by atoms with Crippen LogP contribution < -0.4 is 4.74 Å². The lowest BCUT2D eigenvalue weighted by molar-refractivity contribution is -0.139. The van der Waals surface area contributed by atoms with Crippen LogP contribution in [0.3, 0.4) is 0 Å². The van der Waals surface area contributed by atoms with Gasteiger partial charge in [0.1, 0.15) is 11.6 Å². The molecule has 2 aromatic carbocycles. The molecule has 2 aliphatic heterocycles. The van der Waals surface area contributed by atoms with Crippen molar-refractivity contribution >= 4 is 5.91 Å². The molecule has 0 spiro atoms. The van der Waals surface area contributed by atoms with Gasteiger partial charge in [-0.1, -0.05) is 38.1 Å². The van der Waals surface area contributed by atoms with E-state index in [2.05, 4.69) is 18.7 Å². The molecule has 0 aromatic heterocycles. The molecule has 7 heteroatoms. The summed E-state index contributed by atoms with van der Waals surface area (Å²) in [5, 5.41) is 0. The molecule has 1 atom stereocenters. The topological polar surface area (TPSA) is 51.2 Å². The third kappa shape index (κ3) is 8.52. The summed E-state index contributed by atoms with van der Waals surface area (Å²) in [4.78, 5) is 18.1. The third-order valence-electron chi connectivity index (χ3n) is 7.28. The maximum atomic E-state index is 13.6. The van der Waals surface area contributed by atoms with Crippen LogP contribution in [0.25, 0.3) is 0 Å². The van der Waals surface area contributed by atoms with E-state index < -0.39 is 5.79 Å². The van der Waals surface area contributed by atoms with Gasteiger partial charge in [0, 0.05) is 32.2 Å². The highest BCUT2D eigenvalue weighted by Gasteiger charge is 2.33. The molecule has 2 aliphatic rings. The van der Waals surface area contributed by atoms with Crippen molar-refractivity contribution < 1.29 is 23.4 Å². The average Bonchev–Trinajstić information content (AvgIpc) is 3.25. The molecule has 2 fully saturated rings. The number of ether oxygens (including phenoxy) is 3. The van der Waals surface area contributed by atoms with Crippen LogP contribution in [0.1, 0.15) is 58.1 Å². The minimum Gasteiger partial charge on any atom is -0.493 e. The summed E-state index contributed by atoms with van der Waals surface area (Å²) in [5.74, 6) is 0.630.